The molecule has 0 saturated carbocycles. The van der Waals surface area contributed by atoms with Gasteiger partial charge in [-0.05, 0) is 36.2 Å². The van der Waals surface area contributed by atoms with Crippen molar-refractivity contribution < 1.29 is 9.53 Å². The summed E-state index contributed by atoms with van der Waals surface area (Å²) in [6.07, 6.45) is 0.828. The summed E-state index contributed by atoms with van der Waals surface area (Å²) in [6, 6.07) is 15.3. The largest absolute Gasteiger partial charge is 0.497 e. The van der Waals surface area contributed by atoms with Gasteiger partial charge in [0.15, 0.2) is 0 Å². The third-order valence-electron chi connectivity index (χ3n) is 3.46. The first kappa shape index (κ1) is 17.7. The third-order valence-corrected chi connectivity index (χ3v) is 4.97. The summed E-state index contributed by atoms with van der Waals surface area (Å²) in [7, 11) is 1.64. The molecule has 0 bridgehead atoms. The molecule has 0 aliphatic rings. The predicted octanol–water partition coefficient (Wildman–Crippen LogP) is 4.71. The maximum atomic E-state index is 12.2. The number of hydrogen-bond donors (Lipinski definition) is 1. The van der Waals surface area contributed by atoms with Crippen LogP contribution in [0.1, 0.15) is 24.9 Å². The Bertz CT molecular complexity index is 646. The first-order chi connectivity index (χ1) is 11.1. The molecule has 2 aromatic carbocycles. The molecule has 0 aromatic heterocycles. The Morgan fingerprint density at radius 1 is 1.22 bits per heavy atom. The molecular weight excluding hydrogens is 330 g/mol. The lowest BCUT2D eigenvalue weighted by molar-refractivity contribution is -0.119. The SMILES string of the molecule is CCC(NC(=O)CSc1ccccc1Cl)c1ccc(OC)cc1. The Balaban J connectivity index is 1.92. The van der Waals surface area contributed by atoms with E-state index in [0.29, 0.717) is 10.8 Å². The lowest BCUT2D eigenvalue weighted by atomic mass is 10.0. The van der Waals surface area contributed by atoms with Gasteiger partial charge in [0.25, 0.3) is 0 Å². The molecule has 0 heterocycles. The number of thioether (sulfide) groups is 1. The van der Waals surface area contributed by atoms with Crippen LogP contribution < -0.4 is 10.1 Å². The van der Waals surface area contributed by atoms with Crippen molar-refractivity contribution in [3.8, 4) is 5.75 Å². The zero-order valence-electron chi connectivity index (χ0n) is 13.2. The van der Waals surface area contributed by atoms with Crippen LogP contribution in [0.5, 0.6) is 5.75 Å². The van der Waals surface area contributed by atoms with Gasteiger partial charge in [0.1, 0.15) is 5.75 Å². The van der Waals surface area contributed by atoms with Crippen LogP contribution in [0, 0.1) is 0 Å². The average molecular weight is 350 g/mol. The minimum absolute atomic E-state index is 0.000233. The number of carbonyl (C=O) groups excluding carboxylic acids is 1. The van der Waals surface area contributed by atoms with E-state index in [1.54, 1.807) is 7.11 Å². The number of amides is 1. The number of nitrogens with one attached hydrogen (secondary N) is 1. The van der Waals surface area contributed by atoms with Gasteiger partial charge in [0.05, 0.1) is 23.9 Å². The topological polar surface area (TPSA) is 38.3 Å². The Morgan fingerprint density at radius 2 is 1.91 bits per heavy atom. The number of halogens is 1. The third kappa shape index (κ3) is 5.19. The Labute approximate surface area is 146 Å². The van der Waals surface area contributed by atoms with Crippen molar-refractivity contribution in [2.75, 3.05) is 12.9 Å². The molecule has 0 saturated heterocycles. The van der Waals surface area contributed by atoms with Gasteiger partial charge in [0.2, 0.25) is 5.91 Å². The standard InChI is InChI=1S/C18H20ClNO2S/c1-3-16(13-8-10-14(22-2)11-9-13)20-18(21)12-23-17-7-5-4-6-15(17)19/h4-11,16H,3,12H2,1-2H3,(H,20,21). The molecule has 0 aliphatic heterocycles. The number of benzene rings is 2. The van der Waals surface area contributed by atoms with E-state index in [1.165, 1.54) is 11.8 Å². The van der Waals surface area contributed by atoms with Crippen LogP contribution in [0.15, 0.2) is 53.4 Å². The van der Waals surface area contributed by atoms with Crippen molar-refractivity contribution in [2.45, 2.75) is 24.3 Å². The average Bonchev–Trinajstić information content (AvgIpc) is 2.59. The van der Waals surface area contributed by atoms with Crippen molar-refractivity contribution in [1.29, 1.82) is 0 Å². The maximum Gasteiger partial charge on any atom is 0.230 e. The fourth-order valence-corrected chi connectivity index (χ4v) is 3.25. The zero-order valence-corrected chi connectivity index (χ0v) is 14.8. The first-order valence-electron chi connectivity index (χ1n) is 7.44. The van der Waals surface area contributed by atoms with Crippen LogP contribution in [-0.2, 0) is 4.79 Å². The van der Waals surface area contributed by atoms with E-state index < -0.39 is 0 Å². The van der Waals surface area contributed by atoms with Crippen LogP contribution in [0.2, 0.25) is 5.02 Å². The quantitative estimate of drug-likeness (QED) is 0.736. The second-order valence-corrected chi connectivity index (χ2v) is 6.44. The molecule has 122 valence electrons. The molecule has 1 N–H and O–H groups in total. The minimum atomic E-state index is -0.00223. The molecule has 0 radical (unpaired) electrons. The van der Waals surface area contributed by atoms with Gasteiger partial charge in [-0.1, -0.05) is 42.8 Å². The van der Waals surface area contributed by atoms with E-state index in [4.69, 9.17) is 16.3 Å². The molecule has 0 fully saturated rings. The van der Waals surface area contributed by atoms with Gasteiger partial charge in [-0.2, -0.15) is 0 Å². The first-order valence-corrected chi connectivity index (χ1v) is 8.81. The van der Waals surface area contributed by atoms with Gasteiger partial charge in [-0.25, -0.2) is 0 Å². The Hall–Kier alpha value is -1.65. The number of rotatable bonds is 7. The smallest absolute Gasteiger partial charge is 0.230 e. The molecule has 5 heteroatoms. The summed E-state index contributed by atoms with van der Waals surface area (Å²) in [4.78, 5) is 13.1. The number of carbonyl (C=O) groups is 1. The number of methoxy groups -OCH3 is 1. The van der Waals surface area contributed by atoms with Crippen LogP contribution in [0.25, 0.3) is 0 Å². The summed E-state index contributed by atoms with van der Waals surface area (Å²) in [5, 5.41) is 3.74. The minimum Gasteiger partial charge on any atom is -0.497 e. The van der Waals surface area contributed by atoms with Crippen molar-refractivity contribution in [2.24, 2.45) is 0 Å². The lowest BCUT2D eigenvalue weighted by Gasteiger charge is -2.18. The van der Waals surface area contributed by atoms with E-state index in [2.05, 4.69) is 12.2 Å². The normalized spacial score (nSPS) is 11.8. The summed E-state index contributed by atoms with van der Waals surface area (Å²) in [5.41, 5.74) is 1.07. The van der Waals surface area contributed by atoms with Gasteiger partial charge in [0, 0.05) is 4.90 Å². The maximum absolute atomic E-state index is 12.2. The molecule has 0 aliphatic carbocycles. The molecule has 1 amide bonds. The predicted molar refractivity (Wildman–Crippen MR) is 96.3 cm³/mol. The summed E-state index contributed by atoms with van der Waals surface area (Å²) >= 11 is 7.55. The van der Waals surface area contributed by atoms with Gasteiger partial charge in [-0.3, -0.25) is 4.79 Å². The van der Waals surface area contributed by atoms with Crippen LogP contribution in [0.3, 0.4) is 0 Å². The van der Waals surface area contributed by atoms with Crippen molar-refractivity contribution in [3.05, 3.63) is 59.1 Å². The van der Waals surface area contributed by atoms with Crippen molar-refractivity contribution >= 4 is 29.3 Å². The molecule has 1 unspecified atom stereocenters. The summed E-state index contributed by atoms with van der Waals surface area (Å²) in [6.45, 7) is 2.05. The van der Waals surface area contributed by atoms with Crippen molar-refractivity contribution in [1.82, 2.24) is 5.32 Å². The van der Waals surface area contributed by atoms with Gasteiger partial charge in [-0.15, -0.1) is 11.8 Å². The molecule has 1 atom stereocenters. The molecule has 3 nitrogen and oxygen atoms in total. The second-order valence-electron chi connectivity index (χ2n) is 5.02. The van der Waals surface area contributed by atoms with Gasteiger partial charge < -0.3 is 10.1 Å². The van der Waals surface area contributed by atoms with E-state index in [0.717, 1.165) is 22.6 Å². The fourth-order valence-electron chi connectivity index (χ4n) is 2.20. The van der Waals surface area contributed by atoms with Crippen LogP contribution in [-0.4, -0.2) is 18.8 Å². The van der Waals surface area contributed by atoms with Crippen LogP contribution >= 0.6 is 23.4 Å². The van der Waals surface area contributed by atoms with Gasteiger partial charge >= 0.3 is 0 Å². The van der Waals surface area contributed by atoms with E-state index in [-0.39, 0.29) is 11.9 Å². The summed E-state index contributed by atoms with van der Waals surface area (Å²) in [5.74, 6) is 1.15. The number of ether oxygens (including phenoxy) is 1. The van der Waals surface area contributed by atoms with E-state index >= 15 is 0 Å². The van der Waals surface area contributed by atoms with Crippen LogP contribution in [0.4, 0.5) is 0 Å². The molecule has 0 spiro atoms. The highest BCUT2D eigenvalue weighted by atomic mass is 35.5. The Morgan fingerprint density at radius 3 is 2.52 bits per heavy atom. The lowest BCUT2D eigenvalue weighted by Crippen LogP contribution is -2.29. The molecule has 2 aromatic rings. The molecular formula is C18H20ClNO2S. The Kier molecular flexibility index (Phi) is 6.81. The summed E-state index contributed by atoms with van der Waals surface area (Å²) < 4.78 is 5.16. The number of hydrogen-bond acceptors (Lipinski definition) is 3. The highest BCUT2D eigenvalue weighted by Crippen LogP contribution is 2.26. The monoisotopic (exact) mass is 349 g/mol. The molecule has 23 heavy (non-hydrogen) atoms. The fraction of sp³-hybridized carbons (Fsp3) is 0.278. The zero-order chi connectivity index (χ0) is 16.7. The second kappa shape index (κ2) is 8.85. The molecule has 2 rings (SSSR count). The van der Waals surface area contributed by atoms with E-state index in [9.17, 15) is 4.79 Å². The highest BCUT2D eigenvalue weighted by Gasteiger charge is 2.13. The highest BCUT2D eigenvalue weighted by molar-refractivity contribution is 8.00. The van der Waals surface area contributed by atoms with Crippen molar-refractivity contribution in [3.63, 3.8) is 0 Å². The van der Waals surface area contributed by atoms with E-state index in [1.807, 2.05) is 48.5 Å².